The molecule has 0 bridgehead atoms. The highest BCUT2D eigenvalue weighted by Gasteiger charge is 2.07. The molecule has 0 radical (unpaired) electrons. The maximum absolute atomic E-state index is 11.8. The summed E-state index contributed by atoms with van der Waals surface area (Å²) < 4.78 is 1.43. The van der Waals surface area contributed by atoms with Gasteiger partial charge in [-0.3, -0.25) is 4.57 Å². The van der Waals surface area contributed by atoms with Gasteiger partial charge in [-0.1, -0.05) is 17.7 Å². The molecular formula is C11H10ClN3O. The fourth-order valence-electron chi connectivity index (χ4n) is 1.34. The summed E-state index contributed by atoms with van der Waals surface area (Å²) in [5, 5.41) is 3.31. The molecule has 2 aromatic rings. The minimum absolute atomic E-state index is 0.253. The molecule has 1 amide bonds. The molecule has 0 unspecified atom stereocenters. The maximum Gasteiger partial charge on any atom is 0.331 e. The van der Waals surface area contributed by atoms with E-state index < -0.39 is 0 Å². The van der Waals surface area contributed by atoms with Gasteiger partial charge in [0.25, 0.3) is 0 Å². The Morgan fingerprint density at radius 1 is 1.50 bits per heavy atom. The second-order valence-electron chi connectivity index (χ2n) is 3.28. The van der Waals surface area contributed by atoms with Gasteiger partial charge >= 0.3 is 6.03 Å². The first kappa shape index (κ1) is 10.7. The molecule has 0 fully saturated rings. The van der Waals surface area contributed by atoms with Crippen molar-refractivity contribution in [2.45, 2.75) is 6.92 Å². The SMILES string of the molecule is Cc1nccn1C(=O)Nc1cccc(Cl)c1. The Kier molecular flexibility index (Phi) is 2.92. The third-order valence-corrected chi connectivity index (χ3v) is 2.36. The highest BCUT2D eigenvalue weighted by Crippen LogP contribution is 2.15. The molecule has 4 nitrogen and oxygen atoms in total. The Labute approximate surface area is 97.9 Å². The van der Waals surface area contributed by atoms with Gasteiger partial charge in [-0.2, -0.15) is 0 Å². The van der Waals surface area contributed by atoms with Gasteiger partial charge in [0.15, 0.2) is 0 Å². The third-order valence-electron chi connectivity index (χ3n) is 2.12. The number of carbonyl (C=O) groups is 1. The summed E-state index contributed by atoms with van der Waals surface area (Å²) in [5.74, 6) is 0.638. The molecule has 1 aromatic heterocycles. The topological polar surface area (TPSA) is 46.9 Å². The van der Waals surface area contributed by atoms with E-state index in [1.54, 1.807) is 43.6 Å². The molecule has 0 aliphatic carbocycles. The van der Waals surface area contributed by atoms with E-state index in [-0.39, 0.29) is 6.03 Å². The van der Waals surface area contributed by atoms with Crippen LogP contribution in [-0.2, 0) is 0 Å². The predicted molar refractivity (Wildman–Crippen MR) is 62.8 cm³/mol. The first-order chi connectivity index (χ1) is 7.66. The fraction of sp³-hybridized carbons (Fsp3) is 0.0909. The van der Waals surface area contributed by atoms with E-state index in [1.165, 1.54) is 4.57 Å². The Balaban J connectivity index is 2.17. The summed E-state index contributed by atoms with van der Waals surface area (Å²) in [6.07, 6.45) is 3.18. The number of imidazole rings is 1. The molecule has 2 rings (SSSR count). The fourth-order valence-corrected chi connectivity index (χ4v) is 1.53. The van der Waals surface area contributed by atoms with Crippen LogP contribution >= 0.6 is 11.6 Å². The van der Waals surface area contributed by atoms with Crippen LogP contribution in [0, 0.1) is 6.92 Å². The number of rotatable bonds is 1. The second-order valence-corrected chi connectivity index (χ2v) is 3.72. The van der Waals surface area contributed by atoms with Crippen molar-refractivity contribution < 1.29 is 4.79 Å². The number of aryl methyl sites for hydroxylation is 1. The predicted octanol–water partition coefficient (Wildman–Crippen LogP) is 2.93. The minimum atomic E-state index is -0.253. The number of amides is 1. The number of aromatic nitrogens is 2. The number of hydrogen-bond donors (Lipinski definition) is 1. The maximum atomic E-state index is 11.8. The Morgan fingerprint density at radius 2 is 2.31 bits per heavy atom. The number of nitrogens with zero attached hydrogens (tertiary/aromatic N) is 2. The molecule has 16 heavy (non-hydrogen) atoms. The van der Waals surface area contributed by atoms with E-state index >= 15 is 0 Å². The van der Waals surface area contributed by atoms with Gasteiger partial charge in [0.05, 0.1) is 0 Å². The van der Waals surface area contributed by atoms with Crippen LogP contribution in [0.3, 0.4) is 0 Å². The number of anilines is 1. The number of hydrogen-bond acceptors (Lipinski definition) is 2. The molecule has 0 saturated carbocycles. The summed E-state index contributed by atoms with van der Waals surface area (Å²) >= 11 is 5.81. The van der Waals surface area contributed by atoms with Crippen molar-refractivity contribution in [1.82, 2.24) is 9.55 Å². The lowest BCUT2D eigenvalue weighted by Crippen LogP contribution is -2.19. The van der Waals surface area contributed by atoms with E-state index in [1.807, 2.05) is 0 Å². The van der Waals surface area contributed by atoms with Gasteiger partial charge < -0.3 is 5.32 Å². The van der Waals surface area contributed by atoms with Gasteiger partial charge in [0.2, 0.25) is 0 Å². The Hall–Kier alpha value is -1.81. The van der Waals surface area contributed by atoms with E-state index in [2.05, 4.69) is 10.3 Å². The lowest BCUT2D eigenvalue weighted by atomic mass is 10.3. The summed E-state index contributed by atoms with van der Waals surface area (Å²) in [6.45, 7) is 1.76. The average Bonchev–Trinajstić information content (AvgIpc) is 2.64. The van der Waals surface area contributed by atoms with Crippen LogP contribution in [0.2, 0.25) is 5.02 Å². The van der Waals surface area contributed by atoms with Gasteiger partial charge in [-0.15, -0.1) is 0 Å². The number of carbonyl (C=O) groups excluding carboxylic acids is 1. The Bertz CT molecular complexity index is 521. The van der Waals surface area contributed by atoms with Crippen LogP contribution in [0.4, 0.5) is 10.5 Å². The van der Waals surface area contributed by atoms with Crippen LogP contribution in [0.15, 0.2) is 36.7 Å². The van der Waals surface area contributed by atoms with E-state index in [9.17, 15) is 4.79 Å². The quantitative estimate of drug-likeness (QED) is 0.826. The molecule has 1 N–H and O–H groups in total. The lowest BCUT2D eigenvalue weighted by Gasteiger charge is -2.06. The van der Waals surface area contributed by atoms with Crippen LogP contribution in [0.25, 0.3) is 0 Å². The molecule has 0 spiro atoms. The van der Waals surface area contributed by atoms with E-state index in [0.29, 0.717) is 16.5 Å². The van der Waals surface area contributed by atoms with Crippen molar-refractivity contribution in [3.8, 4) is 0 Å². The second kappa shape index (κ2) is 4.37. The standard InChI is InChI=1S/C11H10ClN3O/c1-8-13-5-6-15(8)11(16)14-10-4-2-3-9(12)7-10/h2-7H,1H3,(H,14,16). The van der Waals surface area contributed by atoms with Crippen molar-refractivity contribution in [1.29, 1.82) is 0 Å². The number of halogens is 1. The Morgan fingerprint density at radius 3 is 2.94 bits per heavy atom. The molecule has 0 aliphatic heterocycles. The zero-order chi connectivity index (χ0) is 11.5. The summed E-state index contributed by atoms with van der Waals surface area (Å²) in [4.78, 5) is 15.7. The molecule has 0 atom stereocenters. The summed E-state index contributed by atoms with van der Waals surface area (Å²) in [5.41, 5.74) is 0.658. The van der Waals surface area contributed by atoms with Gasteiger partial charge in [-0.25, -0.2) is 9.78 Å². The van der Waals surface area contributed by atoms with Crippen molar-refractivity contribution in [3.05, 3.63) is 47.5 Å². The molecule has 0 saturated heterocycles. The number of benzene rings is 1. The molecule has 5 heteroatoms. The average molecular weight is 236 g/mol. The molecule has 0 aliphatic rings. The van der Waals surface area contributed by atoms with Crippen LogP contribution < -0.4 is 5.32 Å². The molecular weight excluding hydrogens is 226 g/mol. The van der Waals surface area contributed by atoms with E-state index in [0.717, 1.165) is 0 Å². The number of nitrogens with one attached hydrogen (secondary N) is 1. The lowest BCUT2D eigenvalue weighted by molar-refractivity contribution is 0.253. The highest BCUT2D eigenvalue weighted by atomic mass is 35.5. The zero-order valence-electron chi connectivity index (χ0n) is 8.64. The van der Waals surface area contributed by atoms with Gasteiger partial charge in [-0.05, 0) is 25.1 Å². The van der Waals surface area contributed by atoms with Crippen molar-refractivity contribution >= 4 is 23.3 Å². The van der Waals surface area contributed by atoms with Crippen molar-refractivity contribution in [2.75, 3.05) is 5.32 Å². The van der Waals surface area contributed by atoms with Crippen molar-refractivity contribution in [3.63, 3.8) is 0 Å². The normalized spacial score (nSPS) is 10.1. The summed E-state index contributed by atoms with van der Waals surface area (Å²) in [7, 11) is 0. The van der Waals surface area contributed by atoms with Crippen LogP contribution in [-0.4, -0.2) is 15.6 Å². The van der Waals surface area contributed by atoms with Gasteiger partial charge in [0.1, 0.15) is 5.82 Å². The monoisotopic (exact) mass is 235 g/mol. The molecule has 1 aromatic carbocycles. The van der Waals surface area contributed by atoms with Gasteiger partial charge in [0, 0.05) is 23.1 Å². The smallest absolute Gasteiger partial charge is 0.307 e. The van der Waals surface area contributed by atoms with Crippen molar-refractivity contribution in [2.24, 2.45) is 0 Å². The highest BCUT2D eigenvalue weighted by molar-refractivity contribution is 6.30. The van der Waals surface area contributed by atoms with Crippen LogP contribution in [0.1, 0.15) is 5.82 Å². The first-order valence-electron chi connectivity index (χ1n) is 4.74. The minimum Gasteiger partial charge on any atom is -0.307 e. The zero-order valence-corrected chi connectivity index (χ0v) is 9.40. The largest absolute Gasteiger partial charge is 0.331 e. The summed E-state index contributed by atoms with van der Waals surface area (Å²) in [6, 6.07) is 6.73. The molecule has 1 heterocycles. The molecule has 82 valence electrons. The first-order valence-corrected chi connectivity index (χ1v) is 5.11. The van der Waals surface area contributed by atoms with E-state index in [4.69, 9.17) is 11.6 Å². The third kappa shape index (κ3) is 2.23. The van der Waals surface area contributed by atoms with Crippen LogP contribution in [0.5, 0.6) is 0 Å².